The zero-order valence-electron chi connectivity index (χ0n) is 28.0. The maximum absolute atomic E-state index is 6.98. The summed E-state index contributed by atoms with van der Waals surface area (Å²) in [5.74, 6) is 0. The Kier molecular flexibility index (Phi) is 6.15. The van der Waals surface area contributed by atoms with E-state index in [-0.39, 0.29) is 0 Å². The Balaban J connectivity index is 1.18. The lowest BCUT2D eigenvalue weighted by Gasteiger charge is -2.18. The summed E-state index contributed by atoms with van der Waals surface area (Å²) in [5, 5.41) is 12.4. The van der Waals surface area contributed by atoms with Crippen LogP contribution in [0.4, 0.5) is 0 Å². The zero-order chi connectivity index (χ0) is 33.5. The second-order valence-electron chi connectivity index (χ2n) is 13.9. The highest BCUT2D eigenvalue weighted by Gasteiger charge is 2.24. The van der Waals surface area contributed by atoms with Gasteiger partial charge in [-0.25, -0.2) is 0 Å². The van der Waals surface area contributed by atoms with Gasteiger partial charge >= 0.3 is 0 Å². The van der Waals surface area contributed by atoms with Gasteiger partial charge in [0.2, 0.25) is 0 Å². The Bertz CT molecular complexity index is 3010. The van der Waals surface area contributed by atoms with E-state index in [1.54, 1.807) is 0 Å². The fraction of sp³-hybridized carbons (Fsp3) is 0.0400. The number of hydrogen-bond donors (Lipinski definition) is 0. The summed E-state index contributed by atoms with van der Waals surface area (Å²) < 4.78 is 6.98. The van der Waals surface area contributed by atoms with Gasteiger partial charge < -0.3 is 4.42 Å². The molecule has 0 radical (unpaired) electrons. The van der Waals surface area contributed by atoms with E-state index in [0.717, 1.165) is 29.6 Å². The highest BCUT2D eigenvalue weighted by molar-refractivity contribution is 6.28. The van der Waals surface area contributed by atoms with Crippen molar-refractivity contribution in [2.75, 3.05) is 0 Å². The molecule has 1 aliphatic rings. The molecule has 1 aromatic heterocycles. The second kappa shape index (κ2) is 11.0. The predicted molar refractivity (Wildman–Crippen MR) is 217 cm³/mol. The lowest BCUT2D eigenvalue weighted by molar-refractivity contribution is 0.670. The van der Waals surface area contributed by atoms with Crippen molar-refractivity contribution < 1.29 is 4.42 Å². The fourth-order valence-electron chi connectivity index (χ4n) is 8.77. The average Bonchev–Trinajstić information content (AvgIpc) is 3.60. The minimum absolute atomic E-state index is 0.966. The van der Waals surface area contributed by atoms with Crippen LogP contribution in [-0.2, 0) is 6.42 Å². The van der Waals surface area contributed by atoms with Crippen molar-refractivity contribution in [2.45, 2.75) is 12.8 Å². The van der Waals surface area contributed by atoms with Gasteiger partial charge in [-0.15, -0.1) is 0 Å². The van der Waals surface area contributed by atoms with Crippen LogP contribution < -0.4 is 0 Å². The molecule has 0 saturated carbocycles. The van der Waals surface area contributed by atoms with Crippen LogP contribution in [0.3, 0.4) is 0 Å². The Morgan fingerprint density at radius 1 is 0.431 bits per heavy atom. The summed E-state index contributed by atoms with van der Waals surface area (Å²) in [6, 6.07) is 57.9. The topological polar surface area (TPSA) is 13.1 Å². The van der Waals surface area contributed by atoms with Crippen molar-refractivity contribution in [1.29, 1.82) is 0 Å². The molecule has 0 atom stereocenters. The molecular formula is C50H32O. The molecule has 10 aromatic rings. The molecule has 0 aliphatic heterocycles. The molecule has 0 saturated heterocycles. The van der Waals surface area contributed by atoms with Gasteiger partial charge in [-0.05, 0) is 108 Å². The highest BCUT2D eigenvalue weighted by atomic mass is 16.3. The largest absolute Gasteiger partial charge is 0.455 e. The molecule has 1 aliphatic carbocycles. The standard InChI is InChI=1S/C50H32O/c1-2-13-35-29-36(26-23-31(35)11-1)32-21-24-34(25-22-32)46-40-17-7-9-19-42(40)47(43-20-10-8-18-41(43)46)44-30-37-14-4-6-16-39(37)49-48-38-15-5-3-12-33(38)27-28-45(48)51-50(44)49/h1-4,6-14,16-30H,5,15H2. The number of fused-ring (bicyclic) bond motifs is 10. The molecule has 51 heavy (non-hydrogen) atoms. The minimum atomic E-state index is 0.966. The second-order valence-corrected chi connectivity index (χ2v) is 13.9. The zero-order valence-corrected chi connectivity index (χ0v) is 28.0. The molecule has 238 valence electrons. The summed E-state index contributed by atoms with van der Waals surface area (Å²) in [6.45, 7) is 0. The van der Waals surface area contributed by atoms with Crippen LogP contribution in [0.1, 0.15) is 17.5 Å². The van der Waals surface area contributed by atoms with Crippen molar-refractivity contribution >= 4 is 71.1 Å². The average molecular weight is 649 g/mol. The van der Waals surface area contributed by atoms with Crippen molar-refractivity contribution in [3.8, 4) is 33.4 Å². The third-order valence-corrected chi connectivity index (χ3v) is 11.1. The molecule has 0 bridgehead atoms. The number of benzene rings is 9. The van der Waals surface area contributed by atoms with E-state index in [1.807, 2.05) is 0 Å². The van der Waals surface area contributed by atoms with E-state index in [4.69, 9.17) is 4.42 Å². The molecule has 0 fully saturated rings. The minimum Gasteiger partial charge on any atom is -0.455 e. The van der Waals surface area contributed by atoms with Gasteiger partial charge in [0.25, 0.3) is 0 Å². The summed E-state index contributed by atoms with van der Waals surface area (Å²) >= 11 is 0. The van der Waals surface area contributed by atoms with Crippen molar-refractivity contribution in [3.63, 3.8) is 0 Å². The quantitative estimate of drug-likeness (QED) is 0.174. The number of allylic oxidation sites excluding steroid dienone is 1. The molecule has 1 heteroatoms. The Hall–Kier alpha value is -6.44. The molecule has 0 amide bonds. The smallest absolute Gasteiger partial charge is 0.143 e. The molecule has 0 spiro atoms. The number of aryl methyl sites for hydroxylation is 1. The Labute approximate surface area is 295 Å². The number of hydrogen-bond acceptors (Lipinski definition) is 1. The van der Waals surface area contributed by atoms with Crippen molar-refractivity contribution in [3.05, 3.63) is 175 Å². The molecule has 11 rings (SSSR count). The first kappa shape index (κ1) is 28.4. The van der Waals surface area contributed by atoms with Gasteiger partial charge in [0, 0.05) is 21.9 Å². The predicted octanol–water partition coefficient (Wildman–Crippen LogP) is 14.2. The van der Waals surface area contributed by atoms with Crippen LogP contribution in [0.25, 0.3) is 104 Å². The van der Waals surface area contributed by atoms with Crippen LogP contribution in [0.5, 0.6) is 0 Å². The molecular weight excluding hydrogens is 617 g/mol. The molecule has 1 nitrogen and oxygen atoms in total. The lowest BCUT2D eigenvalue weighted by atomic mass is 9.84. The lowest BCUT2D eigenvalue weighted by Crippen LogP contribution is -1.94. The van der Waals surface area contributed by atoms with Gasteiger partial charge in [0.1, 0.15) is 11.2 Å². The SMILES string of the molecule is C1=Cc2ccc3oc4c(-c5c6ccccc6c(-c6ccc(-c7ccc8ccccc8c7)cc6)c6ccccc56)cc5ccccc5c4c3c2CC1. The van der Waals surface area contributed by atoms with Crippen LogP contribution in [0.15, 0.2) is 168 Å². The number of rotatable bonds is 3. The Morgan fingerprint density at radius 2 is 1.04 bits per heavy atom. The normalized spacial score (nSPS) is 12.9. The summed E-state index contributed by atoms with van der Waals surface area (Å²) in [4.78, 5) is 0. The summed E-state index contributed by atoms with van der Waals surface area (Å²) in [7, 11) is 0. The van der Waals surface area contributed by atoms with Gasteiger partial charge in [0.15, 0.2) is 0 Å². The first-order valence-corrected chi connectivity index (χ1v) is 17.9. The monoisotopic (exact) mass is 648 g/mol. The van der Waals surface area contributed by atoms with Gasteiger partial charge in [-0.2, -0.15) is 0 Å². The first-order chi connectivity index (χ1) is 25.3. The fourth-order valence-corrected chi connectivity index (χ4v) is 8.77. The van der Waals surface area contributed by atoms with Gasteiger partial charge in [0.05, 0.1) is 0 Å². The molecule has 1 heterocycles. The van der Waals surface area contributed by atoms with Crippen LogP contribution in [0, 0.1) is 0 Å². The molecule has 9 aromatic carbocycles. The van der Waals surface area contributed by atoms with Gasteiger partial charge in [-0.3, -0.25) is 0 Å². The maximum atomic E-state index is 6.98. The van der Waals surface area contributed by atoms with Crippen LogP contribution in [0.2, 0.25) is 0 Å². The van der Waals surface area contributed by atoms with Crippen molar-refractivity contribution in [1.82, 2.24) is 0 Å². The first-order valence-electron chi connectivity index (χ1n) is 17.9. The van der Waals surface area contributed by atoms with E-state index in [2.05, 4.69) is 170 Å². The highest BCUT2D eigenvalue weighted by Crippen LogP contribution is 2.49. The van der Waals surface area contributed by atoms with Crippen LogP contribution >= 0.6 is 0 Å². The van der Waals surface area contributed by atoms with E-state index in [9.17, 15) is 0 Å². The Morgan fingerprint density at radius 3 is 1.78 bits per heavy atom. The third kappa shape index (κ3) is 4.28. The van der Waals surface area contributed by atoms with E-state index in [0.29, 0.717) is 0 Å². The maximum Gasteiger partial charge on any atom is 0.143 e. The van der Waals surface area contributed by atoms with Crippen molar-refractivity contribution in [2.24, 2.45) is 0 Å². The summed E-state index contributed by atoms with van der Waals surface area (Å²) in [6.07, 6.45) is 6.64. The number of furan rings is 1. The third-order valence-electron chi connectivity index (χ3n) is 11.1. The van der Waals surface area contributed by atoms with E-state index in [1.165, 1.54) is 92.8 Å². The van der Waals surface area contributed by atoms with E-state index >= 15 is 0 Å². The molecule has 0 unspecified atom stereocenters. The van der Waals surface area contributed by atoms with Gasteiger partial charge in [-0.1, -0.05) is 152 Å². The van der Waals surface area contributed by atoms with Crippen LogP contribution in [-0.4, -0.2) is 0 Å². The summed E-state index contributed by atoms with van der Waals surface area (Å²) in [5.41, 5.74) is 11.9. The molecule has 0 N–H and O–H groups in total. The van der Waals surface area contributed by atoms with E-state index < -0.39 is 0 Å².